The summed E-state index contributed by atoms with van der Waals surface area (Å²) in [4.78, 5) is 14.6. The Balaban J connectivity index is 1.81. The number of anilines is 1. The van der Waals surface area contributed by atoms with E-state index in [4.69, 9.17) is 0 Å². The highest BCUT2D eigenvalue weighted by molar-refractivity contribution is 7.92. The van der Waals surface area contributed by atoms with Gasteiger partial charge in [0.1, 0.15) is 5.82 Å². The van der Waals surface area contributed by atoms with Crippen LogP contribution in [-0.4, -0.2) is 32.8 Å². The van der Waals surface area contributed by atoms with Gasteiger partial charge in [-0.25, -0.2) is 12.8 Å². The van der Waals surface area contributed by atoms with Crippen LogP contribution in [0.5, 0.6) is 0 Å². The third-order valence-electron chi connectivity index (χ3n) is 5.47. The molecule has 0 atom stereocenters. The Kier molecular flexibility index (Phi) is 6.57. The third kappa shape index (κ3) is 5.15. The molecule has 0 radical (unpaired) electrons. The molecule has 0 unspecified atom stereocenters. The molecule has 1 amide bonds. The van der Waals surface area contributed by atoms with Gasteiger partial charge in [0, 0.05) is 19.2 Å². The van der Waals surface area contributed by atoms with Gasteiger partial charge in [-0.1, -0.05) is 37.5 Å². The number of sulfonamides is 1. The Labute approximate surface area is 172 Å². The number of benzene rings is 2. The first-order valence-corrected chi connectivity index (χ1v) is 11.4. The minimum absolute atomic E-state index is 0.0687. The van der Waals surface area contributed by atoms with Crippen LogP contribution in [0.3, 0.4) is 0 Å². The molecule has 0 spiro atoms. The lowest BCUT2D eigenvalue weighted by atomic mass is 9.89. The summed E-state index contributed by atoms with van der Waals surface area (Å²) in [6.45, 7) is 2.45. The van der Waals surface area contributed by atoms with Crippen molar-refractivity contribution in [2.75, 3.05) is 18.3 Å². The normalized spacial score (nSPS) is 15.1. The predicted molar refractivity (Wildman–Crippen MR) is 112 cm³/mol. The van der Waals surface area contributed by atoms with Crippen molar-refractivity contribution in [3.8, 4) is 0 Å². The molecule has 1 aliphatic carbocycles. The van der Waals surface area contributed by atoms with Crippen molar-refractivity contribution in [2.24, 2.45) is 5.92 Å². The number of para-hydroxylation sites is 1. The van der Waals surface area contributed by atoms with Gasteiger partial charge in [0.25, 0.3) is 15.9 Å². The Morgan fingerprint density at radius 1 is 1.14 bits per heavy atom. The van der Waals surface area contributed by atoms with Crippen molar-refractivity contribution in [1.29, 1.82) is 0 Å². The molecule has 1 fully saturated rings. The van der Waals surface area contributed by atoms with Crippen LogP contribution in [0.25, 0.3) is 0 Å². The van der Waals surface area contributed by atoms with E-state index in [0.717, 1.165) is 12.8 Å². The number of carbonyl (C=O) groups excluding carboxylic acids is 1. The molecule has 0 bridgehead atoms. The number of halogens is 1. The number of carbonyl (C=O) groups is 1. The second-order valence-electron chi connectivity index (χ2n) is 7.75. The van der Waals surface area contributed by atoms with Gasteiger partial charge < -0.3 is 4.90 Å². The van der Waals surface area contributed by atoms with Crippen LogP contribution in [0.15, 0.2) is 47.4 Å². The summed E-state index contributed by atoms with van der Waals surface area (Å²) in [5, 5.41) is 0. The molecule has 1 saturated carbocycles. The molecule has 2 aromatic rings. The van der Waals surface area contributed by atoms with Crippen molar-refractivity contribution < 1.29 is 17.6 Å². The van der Waals surface area contributed by atoms with E-state index in [1.54, 1.807) is 31.0 Å². The molecule has 0 heterocycles. The molecule has 7 heteroatoms. The smallest absolute Gasteiger partial charge is 0.262 e. The summed E-state index contributed by atoms with van der Waals surface area (Å²) in [6, 6.07) is 9.97. The van der Waals surface area contributed by atoms with Crippen molar-refractivity contribution >= 4 is 21.6 Å². The lowest BCUT2D eigenvalue weighted by molar-refractivity contribution is 0.0759. The van der Waals surface area contributed by atoms with Gasteiger partial charge in [-0.05, 0) is 55.5 Å². The number of aryl methyl sites for hydroxylation is 1. The molecule has 2 aromatic carbocycles. The van der Waals surface area contributed by atoms with E-state index >= 15 is 0 Å². The van der Waals surface area contributed by atoms with Crippen LogP contribution in [0.4, 0.5) is 10.1 Å². The van der Waals surface area contributed by atoms with Crippen molar-refractivity contribution in [3.63, 3.8) is 0 Å². The van der Waals surface area contributed by atoms with Crippen LogP contribution in [-0.2, 0) is 10.0 Å². The lowest BCUT2D eigenvalue weighted by Crippen LogP contribution is -2.33. The minimum Gasteiger partial charge on any atom is -0.341 e. The molecule has 1 aliphatic rings. The number of rotatable bonds is 6. The summed E-state index contributed by atoms with van der Waals surface area (Å²) in [5.41, 5.74) is 0.922. The third-order valence-corrected chi connectivity index (χ3v) is 6.83. The second kappa shape index (κ2) is 8.95. The van der Waals surface area contributed by atoms with Gasteiger partial charge in [-0.3, -0.25) is 9.52 Å². The van der Waals surface area contributed by atoms with Gasteiger partial charge in [-0.2, -0.15) is 0 Å². The zero-order chi connectivity index (χ0) is 21.0. The monoisotopic (exact) mass is 418 g/mol. The number of nitrogens with one attached hydrogen (secondary N) is 1. The lowest BCUT2D eigenvalue weighted by Gasteiger charge is -2.27. The maximum Gasteiger partial charge on any atom is 0.262 e. The van der Waals surface area contributed by atoms with E-state index in [9.17, 15) is 17.6 Å². The Bertz CT molecular complexity index is 985. The molecule has 1 N–H and O–H groups in total. The fourth-order valence-electron chi connectivity index (χ4n) is 3.79. The van der Waals surface area contributed by atoms with Crippen molar-refractivity contribution in [2.45, 2.75) is 43.9 Å². The van der Waals surface area contributed by atoms with Crippen molar-refractivity contribution in [3.05, 3.63) is 59.4 Å². The van der Waals surface area contributed by atoms with E-state index in [-0.39, 0.29) is 16.5 Å². The zero-order valence-electron chi connectivity index (χ0n) is 16.8. The molecular weight excluding hydrogens is 391 g/mol. The first kappa shape index (κ1) is 21.3. The molecule has 156 valence electrons. The van der Waals surface area contributed by atoms with E-state index in [1.165, 1.54) is 49.6 Å². The van der Waals surface area contributed by atoms with E-state index in [2.05, 4.69) is 4.72 Å². The topological polar surface area (TPSA) is 66.5 Å². The first-order chi connectivity index (χ1) is 13.8. The molecule has 0 saturated heterocycles. The van der Waals surface area contributed by atoms with E-state index < -0.39 is 15.8 Å². The molecule has 5 nitrogen and oxygen atoms in total. The van der Waals surface area contributed by atoms with E-state index in [0.29, 0.717) is 23.6 Å². The fourth-order valence-corrected chi connectivity index (χ4v) is 4.88. The van der Waals surface area contributed by atoms with Crippen LogP contribution in [0.2, 0.25) is 0 Å². The van der Waals surface area contributed by atoms with E-state index in [1.807, 2.05) is 0 Å². The SMILES string of the molecule is Cc1ccc(S(=O)(=O)Nc2ccccc2F)cc1C(=O)N(C)CC1CCCCC1. The standard InChI is InChI=1S/C22H27FN2O3S/c1-16-12-13-18(29(27,28)24-21-11-7-6-10-20(21)23)14-19(16)22(26)25(2)15-17-8-4-3-5-9-17/h6-7,10-14,17,24H,3-5,8-9,15H2,1-2H3. The number of amides is 1. The molecule has 29 heavy (non-hydrogen) atoms. The van der Waals surface area contributed by atoms with Crippen LogP contribution < -0.4 is 4.72 Å². The average molecular weight is 419 g/mol. The first-order valence-electron chi connectivity index (χ1n) is 9.91. The minimum atomic E-state index is -4.02. The van der Waals surface area contributed by atoms with Gasteiger partial charge in [-0.15, -0.1) is 0 Å². The molecular formula is C22H27FN2O3S. The van der Waals surface area contributed by atoms with Gasteiger partial charge in [0.15, 0.2) is 0 Å². The summed E-state index contributed by atoms with van der Waals surface area (Å²) in [6.07, 6.45) is 5.89. The Morgan fingerprint density at radius 2 is 1.83 bits per heavy atom. The average Bonchev–Trinajstić information content (AvgIpc) is 2.70. The van der Waals surface area contributed by atoms with Crippen LogP contribution in [0, 0.1) is 18.7 Å². The zero-order valence-corrected chi connectivity index (χ0v) is 17.6. The Hall–Kier alpha value is -2.41. The van der Waals surface area contributed by atoms with Crippen molar-refractivity contribution in [1.82, 2.24) is 4.90 Å². The summed E-state index contributed by atoms with van der Waals surface area (Å²) < 4.78 is 41.6. The number of hydrogen-bond donors (Lipinski definition) is 1. The largest absolute Gasteiger partial charge is 0.341 e. The summed E-state index contributed by atoms with van der Waals surface area (Å²) in [7, 11) is -2.26. The van der Waals surface area contributed by atoms with Crippen LogP contribution in [0.1, 0.15) is 48.0 Å². The Morgan fingerprint density at radius 3 is 2.52 bits per heavy atom. The predicted octanol–water partition coefficient (Wildman–Crippen LogP) is 4.59. The highest BCUT2D eigenvalue weighted by Gasteiger charge is 2.23. The maximum absolute atomic E-state index is 13.8. The quantitative estimate of drug-likeness (QED) is 0.746. The maximum atomic E-state index is 13.8. The van der Waals surface area contributed by atoms with Crippen LogP contribution >= 0.6 is 0 Å². The second-order valence-corrected chi connectivity index (χ2v) is 9.43. The van der Waals surface area contributed by atoms with Gasteiger partial charge >= 0.3 is 0 Å². The molecule has 3 rings (SSSR count). The number of nitrogens with zero attached hydrogens (tertiary/aromatic N) is 1. The molecule has 0 aromatic heterocycles. The van der Waals surface area contributed by atoms with Gasteiger partial charge in [0.05, 0.1) is 10.6 Å². The highest BCUT2D eigenvalue weighted by Crippen LogP contribution is 2.26. The fraction of sp³-hybridized carbons (Fsp3) is 0.409. The molecule has 0 aliphatic heterocycles. The highest BCUT2D eigenvalue weighted by atomic mass is 32.2. The van der Waals surface area contributed by atoms with Gasteiger partial charge in [0.2, 0.25) is 0 Å². The number of hydrogen-bond acceptors (Lipinski definition) is 3. The summed E-state index contributed by atoms with van der Waals surface area (Å²) >= 11 is 0. The summed E-state index contributed by atoms with van der Waals surface area (Å²) in [5.74, 6) is -0.365.